The van der Waals surface area contributed by atoms with Crippen LogP contribution >= 0.6 is 0 Å². The molecule has 1 rings (SSSR count). The van der Waals surface area contributed by atoms with Gasteiger partial charge in [-0.3, -0.25) is 14.3 Å². The maximum Gasteiger partial charge on any atom is 0.331 e. The fourth-order valence-electron chi connectivity index (χ4n) is 1.63. The summed E-state index contributed by atoms with van der Waals surface area (Å²) in [6.45, 7) is 3.59. The van der Waals surface area contributed by atoms with E-state index < -0.39 is 11.2 Å². The van der Waals surface area contributed by atoms with Gasteiger partial charge in [-0.15, -0.1) is 0 Å². The summed E-state index contributed by atoms with van der Waals surface area (Å²) in [5.41, 5.74) is -0.932. The molecule has 0 radical (unpaired) electrons. The summed E-state index contributed by atoms with van der Waals surface area (Å²) in [5, 5.41) is 9.87. The fourth-order valence-corrected chi connectivity index (χ4v) is 1.63. The molecule has 1 aromatic heterocycles. The molecule has 0 aliphatic heterocycles. The summed E-state index contributed by atoms with van der Waals surface area (Å²) in [6.07, 6.45) is 0.364. The lowest BCUT2D eigenvalue weighted by molar-refractivity contribution is 0.108. The Hall–Kier alpha value is -1.60. The standard InChI is InChI=1S/C12H21N3O4/c1-4-9-10(16)13-12(18)15(11(9)17)6-8-19-7-5-14(2)3/h17H,4-8H2,1-3H3,(H,13,16,18). The normalized spacial score (nSPS) is 11.2. The number of hydrogen-bond donors (Lipinski definition) is 2. The number of H-pyrrole nitrogens is 1. The van der Waals surface area contributed by atoms with Crippen LogP contribution in [0.5, 0.6) is 5.88 Å². The number of ether oxygens (including phenoxy) is 1. The quantitative estimate of drug-likeness (QED) is 0.646. The molecule has 0 saturated heterocycles. The summed E-state index contributed by atoms with van der Waals surface area (Å²) >= 11 is 0. The molecule has 19 heavy (non-hydrogen) atoms. The number of aromatic amines is 1. The number of nitrogens with one attached hydrogen (secondary N) is 1. The Balaban J connectivity index is 2.69. The summed E-state index contributed by atoms with van der Waals surface area (Å²) in [4.78, 5) is 27.2. The second-order valence-electron chi connectivity index (χ2n) is 4.48. The van der Waals surface area contributed by atoms with Crippen LogP contribution < -0.4 is 11.2 Å². The van der Waals surface area contributed by atoms with Gasteiger partial charge in [-0.2, -0.15) is 0 Å². The summed E-state index contributed by atoms with van der Waals surface area (Å²) in [5.74, 6) is -0.271. The van der Waals surface area contributed by atoms with Gasteiger partial charge in [0.05, 0.1) is 25.3 Å². The third-order valence-electron chi connectivity index (χ3n) is 2.76. The molecule has 0 unspecified atom stereocenters. The second-order valence-corrected chi connectivity index (χ2v) is 4.48. The third kappa shape index (κ3) is 4.22. The van der Waals surface area contributed by atoms with Gasteiger partial charge in [0.1, 0.15) is 0 Å². The van der Waals surface area contributed by atoms with Gasteiger partial charge >= 0.3 is 5.69 Å². The molecule has 0 atom stereocenters. The van der Waals surface area contributed by atoms with Gasteiger partial charge in [-0.25, -0.2) is 4.79 Å². The molecule has 0 spiro atoms. The van der Waals surface area contributed by atoms with Crippen LogP contribution in [0.4, 0.5) is 0 Å². The van der Waals surface area contributed by atoms with Crippen LogP contribution in [0.1, 0.15) is 12.5 Å². The van der Waals surface area contributed by atoms with Crippen LogP contribution in [-0.4, -0.2) is 53.4 Å². The van der Waals surface area contributed by atoms with Crippen LogP contribution in [0.2, 0.25) is 0 Å². The zero-order valence-corrected chi connectivity index (χ0v) is 11.6. The highest BCUT2D eigenvalue weighted by Gasteiger charge is 2.11. The molecular weight excluding hydrogens is 250 g/mol. The van der Waals surface area contributed by atoms with E-state index >= 15 is 0 Å². The van der Waals surface area contributed by atoms with Crippen molar-refractivity contribution in [2.24, 2.45) is 0 Å². The van der Waals surface area contributed by atoms with Crippen LogP contribution in [0.3, 0.4) is 0 Å². The highest BCUT2D eigenvalue weighted by molar-refractivity contribution is 5.22. The smallest absolute Gasteiger partial charge is 0.331 e. The summed E-state index contributed by atoms with van der Waals surface area (Å²) in [6, 6.07) is 0. The molecule has 7 nitrogen and oxygen atoms in total. The SMILES string of the molecule is CCc1c(O)n(CCOCCN(C)C)c(=O)[nH]c1=O. The van der Waals surface area contributed by atoms with Gasteiger partial charge in [0.15, 0.2) is 0 Å². The number of nitrogens with zero attached hydrogens (tertiary/aromatic N) is 2. The van der Waals surface area contributed by atoms with E-state index in [1.165, 1.54) is 0 Å². The van der Waals surface area contributed by atoms with E-state index in [4.69, 9.17) is 4.74 Å². The first-order chi connectivity index (χ1) is 8.97. The molecule has 1 aromatic rings. The van der Waals surface area contributed by atoms with E-state index in [-0.39, 0.29) is 18.0 Å². The van der Waals surface area contributed by atoms with Crippen LogP contribution in [-0.2, 0) is 17.7 Å². The first-order valence-corrected chi connectivity index (χ1v) is 6.24. The lowest BCUT2D eigenvalue weighted by Crippen LogP contribution is -2.33. The molecule has 0 amide bonds. The zero-order chi connectivity index (χ0) is 14.4. The molecule has 0 aliphatic carbocycles. The van der Waals surface area contributed by atoms with Crippen molar-refractivity contribution in [3.05, 3.63) is 26.4 Å². The highest BCUT2D eigenvalue weighted by atomic mass is 16.5. The van der Waals surface area contributed by atoms with Crippen LogP contribution in [0, 0.1) is 0 Å². The van der Waals surface area contributed by atoms with E-state index in [2.05, 4.69) is 4.98 Å². The second kappa shape index (κ2) is 7.10. The van der Waals surface area contributed by atoms with Gasteiger partial charge < -0.3 is 14.7 Å². The average Bonchev–Trinajstić information content (AvgIpc) is 2.32. The number of aromatic nitrogens is 2. The Morgan fingerprint density at radius 1 is 1.32 bits per heavy atom. The topological polar surface area (TPSA) is 87.6 Å². The molecule has 2 N–H and O–H groups in total. The minimum absolute atomic E-state index is 0.210. The highest BCUT2D eigenvalue weighted by Crippen LogP contribution is 2.09. The Labute approximate surface area is 111 Å². The van der Waals surface area contributed by atoms with E-state index in [1.54, 1.807) is 6.92 Å². The maximum atomic E-state index is 11.6. The van der Waals surface area contributed by atoms with Crippen molar-refractivity contribution in [1.82, 2.24) is 14.5 Å². The fraction of sp³-hybridized carbons (Fsp3) is 0.667. The van der Waals surface area contributed by atoms with Crippen molar-refractivity contribution >= 4 is 0 Å². The maximum absolute atomic E-state index is 11.6. The monoisotopic (exact) mass is 271 g/mol. The molecule has 108 valence electrons. The summed E-state index contributed by atoms with van der Waals surface area (Å²) in [7, 11) is 3.88. The lowest BCUT2D eigenvalue weighted by atomic mass is 10.2. The van der Waals surface area contributed by atoms with Crippen molar-refractivity contribution in [3.8, 4) is 5.88 Å². The van der Waals surface area contributed by atoms with Crippen molar-refractivity contribution in [3.63, 3.8) is 0 Å². The molecule has 0 saturated carbocycles. The van der Waals surface area contributed by atoms with Crippen molar-refractivity contribution < 1.29 is 9.84 Å². The zero-order valence-electron chi connectivity index (χ0n) is 11.6. The molecule has 7 heteroatoms. The van der Waals surface area contributed by atoms with E-state index in [1.807, 2.05) is 19.0 Å². The van der Waals surface area contributed by atoms with E-state index in [9.17, 15) is 14.7 Å². The van der Waals surface area contributed by atoms with Crippen molar-refractivity contribution in [2.45, 2.75) is 19.9 Å². The van der Waals surface area contributed by atoms with E-state index in [0.717, 1.165) is 11.1 Å². The lowest BCUT2D eigenvalue weighted by Gasteiger charge is -2.12. The number of aromatic hydroxyl groups is 1. The van der Waals surface area contributed by atoms with Gasteiger partial charge in [0.25, 0.3) is 5.56 Å². The molecule has 0 fully saturated rings. The third-order valence-corrected chi connectivity index (χ3v) is 2.76. The predicted octanol–water partition coefficient (Wildman–Crippen LogP) is -0.617. The largest absolute Gasteiger partial charge is 0.494 e. The number of likely N-dealkylation sites (N-methyl/N-ethyl adjacent to an activating group) is 1. The van der Waals surface area contributed by atoms with Gasteiger partial charge in [-0.1, -0.05) is 6.92 Å². The van der Waals surface area contributed by atoms with Gasteiger partial charge in [-0.05, 0) is 20.5 Å². The molecular formula is C12H21N3O4. The molecule has 0 bridgehead atoms. The van der Waals surface area contributed by atoms with Crippen molar-refractivity contribution in [1.29, 1.82) is 0 Å². The van der Waals surface area contributed by atoms with Gasteiger partial charge in [0.2, 0.25) is 5.88 Å². The minimum atomic E-state index is -0.615. The molecule has 0 aliphatic rings. The van der Waals surface area contributed by atoms with Crippen LogP contribution in [0.15, 0.2) is 9.59 Å². The predicted molar refractivity (Wildman–Crippen MR) is 71.7 cm³/mol. The van der Waals surface area contributed by atoms with Gasteiger partial charge in [0, 0.05) is 6.54 Å². The molecule has 1 heterocycles. The first-order valence-electron chi connectivity index (χ1n) is 6.24. The molecule has 0 aromatic carbocycles. The Kier molecular flexibility index (Phi) is 5.78. The Bertz CT molecular complexity index is 519. The first kappa shape index (κ1) is 15.5. The average molecular weight is 271 g/mol. The van der Waals surface area contributed by atoms with E-state index in [0.29, 0.717) is 19.6 Å². The Morgan fingerprint density at radius 3 is 2.58 bits per heavy atom. The minimum Gasteiger partial charge on any atom is -0.494 e. The summed E-state index contributed by atoms with van der Waals surface area (Å²) < 4.78 is 6.48. The number of rotatable bonds is 7. The number of hydrogen-bond acceptors (Lipinski definition) is 5. The Morgan fingerprint density at radius 2 is 2.00 bits per heavy atom. The van der Waals surface area contributed by atoms with Crippen molar-refractivity contribution in [2.75, 3.05) is 33.9 Å². The van der Waals surface area contributed by atoms with Crippen LogP contribution in [0.25, 0.3) is 0 Å².